The van der Waals surface area contributed by atoms with Crippen LogP contribution in [0.25, 0.3) is 0 Å². The number of hydrogen-bond donors (Lipinski definition) is 2. The first-order valence-electron chi connectivity index (χ1n) is 3.70. The van der Waals surface area contributed by atoms with E-state index in [0.717, 1.165) is 6.54 Å². The van der Waals surface area contributed by atoms with Crippen LogP contribution in [0.4, 0.5) is 0 Å². The normalized spacial score (nSPS) is 12.6. The summed E-state index contributed by atoms with van der Waals surface area (Å²) in [6.45, 7) is 3.06. The summed E-state index contributed by atoms with van der Waals surface area (Å²) in [5, 5.41) is 5.43. The first-order chi connectivity index (χ1) is 5.22. The van der Waals surface area contributed by atoms with E-state index in [4.69, 9.17) is 4.74 Å². The van der Waals surface area contributed by atoms with Crippen molar-refractivity contribution in [2.75, 3.05) is 27.2 Å². The molecule has 66 valence electrons. The van der Waals surface area contributed by atoms with E-state index in [1.165, 1.54) is 0 Å². The molecular weight excluding hydrogens is 144 g/mol. The van der Waals surface area contributed by atoms with Crippen molar-refractivity contribution in [1.29, 1.82) is 0 Å². The van der Waals surface area contributed by atoms with Gasteiger partial charge in [-0.3, -0.25) is 4.79 Å². The number of ether oxygens (including phenoxy) is 1. The molecule has 0 aromatic carbocycles. The largest absolute Gasteiger partial charge is 0.367 e. The van der Waals surface area contributed by atoms with Gasteiger partial charge in [-0.25, -0.2) is 0 Å². The molecule has 0 spiro atoms. The fourth-order valence-corrected chi connectivity index (χ4v) is 0.617. The van der Waals surface area contributed by atoms with Gasteiger partial charge in [-0.1, -0.05) is 0 Å². The molecule has 0 aromatic rings. The Kier molecular flexibility index (Phi) is 5.78. The Morgan fingerprint density at radius 1 is 1.55 bits per heavy atom. The lowest BCUT2D eigenvalue weighted by molar-refractivity contribution is -0.131. The van der Waals surface area contributed by atoms with Crippen LogP contribution in [0.15, 0.2) is 0 Å². The van der Waals surface area contributed by atoms with Crippen LogP contribution >= 0.6 is 0 Å². The van der Waals surface area contributed by atoms with E-state index in [-0.39, 0.29) is 12.0 Å². The highest BCUT2D eigenvalue weighted by Gasteiger charge is 2.09. The van der Waals surface area contributed by atoms with E-state index in [1.807, 2.05) is 7.05 Å². The van der Waals surface area contributed by atoms with Crippen molar-refractivity contribution < 1.29 is 9.53 Å². The molecule has 4 nitrogen and oxygen atoms in total. The predicted molar refractivity (Wildman–Crippen MR) is 43.4 cm³/mol. The Labute approximate surface area is 67.3 Å². The Balaban J connectivity index is 3.36. The van der Waals surface area contributed by atoms with Crippen molar-refractivity contribution in [3.63, 3.8) is 0 Å². The zero-order valence-electron chi connectivity index (χ0n) is 7.31. The summed E-state index contributed by atoms with van der Waals surface area (Å²) < 4.78 is 5.16. The second-order valence-electron chi connectivity index (χ2n) is 2.23. The molecule has 1 unspecified atom stereocenters. The van der Waals surface area contributed by atoms with E-state index in [0.29, 0.717) is 6.61 Å². The van der Waals surface area contributed by atoms with Gasteiger partial charge >= 0.3 is 0 Å². The molecular formula is C7H16N2O2. The third kappa shape index (κ3) is 4.75. The maximum absolute atomic E-state index is 10.8. The van der Waals surface area contributed by atoms with Crippen molar-refractivity contribution in [3.05, 3.63) is 0 Å². The van der Waals surface area contributed by atoms with Gasteiger partial charge in [0, 0.05) is 13.6 Å². The molecule has 0 bridgehead atoms. The van der Waals surface area contributed by atoms with Crippen molar-refractivity contribution in [2.24, 2.45) is 0 Å². The maximum Gasteiger partial charge on any atom is 0.248 e. The highest BCUT2D eigenvalue weighted by molar-refractivity contribution is 5.79. The highest BCUT2D eigenvalue weighted by atomic mass is 16.5. The fourth-order valence-electron chi connectivity index (χ4n) is 0.617. The molecule has 1 atom stereocenters. The molecule has 1 amide bonds. The zero-order valence-corrected chi connectivity index (χ0v) is 7.31. The summed E-state index contributed by atoms with van der Waals surface area (Å²) in [6.07, 6.45) is -0.353. The number of nitrogens with one attached hydrogen (secondary N) is 2. The van der Waals surface area contributed by atoms with Crippen molar-refractivity contribution >= 4 is 5.91 Å². The molecule has 0 saturated heterocycles. The molecule has 0 fully saturated rings. The number of hydrogen-bond acceptors (Lipinski definition) is 3. The first kappa shape index (κ1) is 10.4. The van der Waals surface area contributed by atoms with Gasteiger partial charge in [-0.15, -0.1) is 0 Å². The highest BCUT2D eigenvalue weighted by Crippen LogP contribution is 1.88. The summed E-state index contributed by atoms with van der Waals surface area (Å²) in [7, 11) is 3.44. The summed E-state index contributed by atoms with van der Waals surface area (Å²) in [4.78, 5) is 10.8. The molecule has 0 rings (SSSR count). The van der Waals surface area contributed by atoms with E-state index >= 15 is 0 Å². The smallest absolute Gasteiger partial charge is 0.248 e. The molecule has 2 N–H and O–H groups in total. The van der Waals surface area contributed by atoms with Crippen LogP contribution in [0.5, 0.6) is 0 Å². The SMILES string of the molecule is CNCCOC(C)C(=O)NC. The van der Waals surface area contributed by atoms with E-state index in [9.17, 15) is 4.79 Å². The van der Waals surface area contributed by atoms with Crippen LogP contribution in [0, 0.1) is 0 Å². The third-order valence-electron chi connectivity index (χ3n) is 1.34. The van der Waals surface area contributed by atoms with Crippen LogP contribution in [0.3, 0.4) is 0 Å². The average Bonchev–Trinajstić information content (AvgIpc) is 2.03. The van der Waals surface area contributed by atoms with Gasteiger partial charge in [0.2, 0.25) is 5.91 Å². The Morgan fingerprint density at radius 2 is 2.18 bits per heavy atom. The minimum absolute atomic E-state index is 0.0823. The van der Waals surface area contributed by atoms with E-state index in [1.54, 1.807) is 14.0 Å². The number of carbonyl (C=O) groups excluding carboxylic acids is 1. The number of amides is 1. The van der Waals surface area contributed by atoms with Crippen LogP contribution in [-0.4, -0.2) is 39.3 Å². The van der Waals surface area contributed by atoms with Crippen molar-refractivity contribution in [3.8, 4) is 0 Å². The Hall–Kier alpha value is -0.610. The molecule has 0 radical (unpaired) electrons. The maximum atomic E-state index is 10.8. The van der Waals surface area contributed by atoms with Crippen LogP contribution in [0.1, 0.15) is 6.92 Å². The summed E-state index contributed by atoms with van der Waals surface area (Å²) in [5.74, 6) is -0.0823. The third-order valence-corrected chi connectivity index (χ3v) is 1.34. The van der Waals surface area contributed by atoms with Crippen LogP contribution in [0.2, 0.25) is 0 Å². The van der Waals surface area contributed by atoms with E-state index in [2.05, 4.69) is 10.6 Å². The van der Waals surface area contributed by atoms with Gasteiger partial charge in [0.15, 0.2) is 0 Å². The number of likely N-dealkylation sites (N-methyl/N-ethyl adjacent to an activating group) is 2. The monoisotopic (exact) mass is 160 g/mol. The van der Waals surface area contributed by atoms with Crippen molar-refractivity contribution in [1.82, 2.24) is 10.6 Å². The number of rotatable bonds is 5. The lowest BCUT2D eigenvalue weighted by Crippen LogP contribution is -2.33. The summed E-state index contributed by atoms with van der Waals surface area (Å²) in [5.41, 5.74) is 0. The molecule has 0 aliphatic rings. The van der Waals surface area contributed by atoms with Gasteiger partial charge in [-0.2, -0.15) is 0 Å². The minimum Gasteiger partial charge on any atom is -0.367 e. The van der Waals surface area contributed by atoms with Crippen molar-refractivity contribution in [2.45, 2.75) is 13.0 Å². The second kappa shape index (κ2) is 6.12. The lowest BCUT2D eigenvalue weighted by atomic mass is 10.4. The molecule has 0 aromatic heterocycles. The molecule has 11 heavy (non-hydrogen) atoms. The first-order valence-corrected chi connectivity index (χ1v) is 3.70. The Bertz CT molecular complexity index is 117. The molecule has 0 aliphatic carbocycles. The van der Waals surface area contributed by atoms with Gasteiger partial charge in [0.25, 0.3) is 0 Å². The molecule has 0 aliphatic heterocycles. The average molecular weight is 160 g/mol. The Morgan fingerprint density at radius 3 is 2.64 bits per heavy atom. The lowest BCUT2D eigenvalue weighted by Gasteiger charge is -2.10. The fraction of sp³-hybridized carbons (Fsp3) is 0.857. The number of carbonyl (C=O) groups is 1. The molecule has 0 heterocycles. The van der Waals surface area contributed by atoms with Gasteiger partial charge in [0.1, 0.15) is 6.10 Å². The summed E-state index contributed by atoms with van der Waals surface area (Å²) >= 11 is 0. The van der Waals surface area contributed by atoms with Crippen LogP contribution < -0.4 is 10.6 Å². The second-order valence-corrected chi connectivity index (χ2v) is 2.23. The predicted octanol–water partition coefficient (Wildman–Crippen LogP) is -0.643. The zero-order chi connectivity index (χ0) is 8.69. The van der Waals surface area contributed by atoms with Gasteiger partial charge in [-0.05, 0) is 14.0 Å². The standard InChI is InChI=1S/C7H16N2O2/c1-6(7(10)9-3)11-5-4-8-2/h6,8H,4-5H2,1-3H3,(H,9,10). The topological polar surface area (TPSA) is 50.4 Å². The summed E-state index contributed by atoms with van der Waals surface area (Å²) in [6, 6.07) is 0. The molecule has 0 saturated carbocycles. The van der Waals surface area contributed by atoms with E-state index < -0.39 is 0 Å². The van der Waals surface area contributed by atoms with Gasteiger partial charge in [0.05, 0.1) is 6.61 Å². The van der Waals surface area contributed by atoms with Crippen LogP contribution in [-0.2, 0) is 9.53 Å². The molecule has 4 heteroatoms. The van der Waals surface area contributed by atoms with Gasteiger partial charge < -0.3 is 15.4 Å². The quantitative estimate of drug-likeness (QED) is 0.526. The minimum atomic E-state index is -0.353.